The van der Waals surface area contributed by atoms with E-state index < -0.39 is 0 Å². The number of ether oxygens (including phenoxy) is 2. The summed E-state index contributed by atoms with van der Waals surface area (Å²) in [5.74, 6) is 2.17. The Labute approximate surface area is 191 Å². The van der Waals surface area contributed by atoms with Crippen molar-refractivity contribution in [2.45, 2.75) is 25.4 Å². The van der Waals surface area contributed by atoms with Crippen molar-refractivity contribution in [3.63, 3.8) is 0 Å². The Morgan fingerprint density at radius 1 is 1.12 bits per heavy atom. The maximum Gasteiger partial charge on any atom is 0.239 e. The molecule has 1 N–H and O–H groups in total. The van der Waals surface area contributed by atoms with Gasteiger partial charge in [0.1, 0.15) is 19.0 Å². The van der Waals surface area contributed by atoms with Crippen molar-refractivity contribution in [2.75, 3.05) is 31.6 Å². The lowest BCUT2D eigenvalue weighted by Gasteiger charge is -2.26. The Morgan fingerprint density at radius 2 is 1.97 bits per heavy atom. The molecule has 166 valence electrons. The number of amides is 1. The van der Waals surface area contributed by atoms with Crippen molar-refractivity contribution in [3.05, 3.63) is 70.9 Å². The maximum absolute atomic E-state index is 12.9. The molecule has 2 aliphatic rings. The molecule has 8 heteroatoms. The number of anilines is 1. The molecule has 7 nitrogen and oxygen atoms in total. The highest BCUT2D eigenvalue weighted by Crippen LogP contribution is 2.37. The zero-order valence-corrected chi connectivity index (χ0v) is 18.4. The highest BCUT2D eigenvalue weighted by Gasteiger charge is 2.29. The first-order valence-electron chi connectivity index (χ1n) is 10.9. The van der Waals surface area contributed by atoms with Crippen LogP contribution in [0.1, 0.15) is 30.0 Å². The second kappa shape index (κ2) is 9.22. The standard InChI is InChI=1S/C24H25ClN4O3/c25-19-5-2-1-4-18(19)15-29-23(9-10-26-29)27-24(30)16-28-11-3-6-20(28)17-7-8-21-22(14-17)32-13-12-31-21/h1-2,4-5,7-10,14,20H,3,6,11-13,15-16H2,(H,27,30). The Balaban J connectivity index is 1.25. The number of nitrogens with one attached hydrogen (secondary N) is 1. The van der Waals surface area contributed by atoms with Crippen LogP contribution in [0.2, 0.25) is 5.02 Å². The first kappa shape index (κ1) is 20.8. The van der Waals surface area contributed by atoms with E-state index >= 15 is 0 Å². The number of likely N-dealkylation sites (tertiary alicyclic amines) is 1. The van der Waals surface area contributed by atoms with Crippen LogP contribution in [0.5, 0.6) is 11.5 Å². The molecule has 1 amide bonds. The van der Waals surface area contributed by atoms with Crippen molar-refractivity contribution in [1.82, 2.24) is 14.7 Å². The number of halogens is 1. The molecule has 0 aliphatic carbocycles. The highest BCUT2D eigenvalue weighted by molar-refractivity contribution is 6.31. The zero-order valence-electron chi connectivity index (χ0n) is 17.7. The predicted molar refractivity (Wildman–Crippen MR) is 122 cm³/mol. The SMILES string of the molecule is O=C(CN1CCCC1c1ccc2c(c1)OCCO2)Nc1ccnn1Cc1ccccc1Cl. The summed E-state index contributed by atoms with van der Waals surface area (Å²) in [5, 5.41) is 8.04. The average Bonchev–Trinajstić information content (AvgIpc) is 3.44. The highest BCUT2D eigenvalue weighted by atomic mass is 35.5. The quantitative estimate of drug-likeness (QED) is 0.609. The van der Waals surface area contributed by atoms with Gasteiger partial charge in [0.2, 0.25) is 5.91 Å². The normalized spacial score (nSPS) is 18.0. The van der Waals surface area contributed by atoms with E-state index in [2.05, 4.69) is 21.4 Å². The predicted octanol–water partition coefficient (Wildman–Crippen LogP) is 4.13. The lowest BCUT2D eigenvalue weighted by molar-refractivity contribution is -0.117. The van der Waals surface area contributed by atoms with Crippen LogP contribution in [0.3, 0.4) is 0 Å². The third-order valence-electron chi connectivity index (χ3n) is 5.92. The van der Waals surface area contributed by atoms with Crippen LogP contribution in [0.25, 0.3) is 0 Å². The van der Waals surface area contributed by atoms with E-state index in [9.17, 15) is 4.79 Å². The third kappa shape index (κ3) is 4.45. The average molecular weight is 453 g/mol. The summed E-state index contributed by atoms with van der Waals surface area (Å²) in [6, 6.07) is 15.7. The molecule has 0 radical (unpaired) electrons. The molecular weight excluding hydrogens is 428 g/mol. The van der Waals surface area contributed by atoms with Crippen LogP contribution in [0.4, 0.5) is 5.82 Å². The molecule has 1 atom stereocenters. The summed E-state index contributed by atoms with van der Waals surface area (Å²) in [6.45, 7) is 2.83. The second-order valence-electron chi connectivity index (χ2n) is 8.05. The lowest BCUT2D eigenvalue weighted by Crippen LogP contribution is -2.33. The van der Waals surface area contributed by atoms with Crippen molar-refractivity contribution in [1.29, 1.82) is 0 Å². The molecule has 1 unspecified atom stereocenters. The van der Waals surface area contributed by atoms with Gasteiger partial charge in [0.15, 0.2) is 11.5 Å². The first-order valence-corrected chi connectivity index (χ1v) is 11.2. The third-order valence-corrected chi connectivity index (χ3v) is 6.29. The second-order valence-corrected chi connectivity index (χ2v) is 8.45. The topological polar surface area (TPSA) is 68.6 Å². The van der Waals surface area contributed by atoms with Crippen LogP contribution in [-0.4, -0.2) is 46.9 Å². The maximum atomic E-state index is 12.9. The fourth-order valence-corrected chi connectivity index (χ4v) is 4.58. The fourth-order valence-electron chi connectivity index (χ4n) is 4.38. The summed E-state index contributed by atoms with van der Waals surface area (Å²) < 4.78 is 13.1. The van der Waals surface area contributed by atoms with Crippen molar-refractivity contribution in [2.24, 2.45) is 0 Å². The number of fused-ring (bicyclic) bond motifs is 1. The molecule has 0 spiro atoms. The van der Waals surface area contributed by atoms with Gasteiger partial charge in [-0.2, -0.15) is 5.10 Å². The number of carbonyl (C=O) groups is 1. The van der Waals surface area contributed by atoms with Gasteiger partial charge >= 0.3 is 0 Å². The Kier molecular flexibility index (Phi) is 6.01. The first-order chi connectivity index (χ1) is 15.7. The number of hydrogen-bond acceptors (Lipinski definition) is 5. The molecule has 0 bridgehead atoms. The molecule has 3 heterocycles. The zero-order chi connectivity index (χ0) is 21.9. The molecule has 1 fully saturated rings. The number of benzene rings is 2. The molecule has 3 aromatic rings. The van der Waals surface area contributed by atoms with Crippen LogP contribution < -0.4 is 14.8 Å². The van der Waals surface area contributed by atoms with Crippen LogP contribution in [0.15, 0.2) is 54.7 Å². The number of carbonyl (C=O) groups excluding carboxylic acids is 1. The van der Waals surface area contributed by atoms with E-state index in [1.54, 1.807) is 16.9 Å². The van der Waals surface area contributed by atoms with Gasteiger partial charge in [-0.1, -0.05) is 35.9 Å². The molecule has 0 saturated carbocycles. The van der Waals surface area contributed by atoms with Gasteiger partial charge in [0, 0.05) is 17.1 Å². The number of nitrogens with zero attached hydrogens (tertiary/aromatic N) is 3. The Morgan fingerprint density at radius 3 is 2.84 bits per heavy atom. The van der Waals surface area contributed by atoms with Crippen molar-refractivity contribution >= 4 is 23.3 Å². The smallest absolute Gasteiger partial charge is 0.239 e. The largest absolute Gasteiger partial charge is 0.486 e. The molecule has 2 aliphatic heterocycles. The molecule has 1 aromatic heterocycles. The van der Waals surface area contributed by atoms with E-state index in [1.165, 1.54) is 0 Å². The van der Waals surface area contributed by atoms with Gasteiger partial charge in [-0.3, -0.25) is 9.69 Å². The van der Waals surface area contributed by atoms with Gasteiger partial charge in [-0.25, -0.2) is 4.68 Å². The summed E-state index contributed by atoms with van der Waals surface area (Å²) in [7, 11) is 0. The van der Waals surface area contributed by atoms with Crippen molar-refractivity contribution in [3.8, 4) is 11.5 Å². The number of hydrogen-bond donors (Lipinski definition) is 1. The summed E-state index contributed by atoms with van der Waals surface area (Å²) in [6.07, 6.45) is 3.74. The molecule has 2 aromatic carbocycles. The van der Waals surface area contributed by atoms with Gasteiger partial charge in [0.25, 0.3) is 0 Å². The van der Waals surface area contributed by atoms with E-state index in [0.717, 1.165) is 42.0 Å². The van der Waals surface area contributed by atoms with Crippen LogP contribution in [0, 0.1) is 0 Å². The minimum Gasteiger partial charge on any atom is -0.486 e. The number of aromatic nitrogens is 2. The van der Waals surface area contributed by atoms with E-state index in [-0.39, 0.29) is 11.9 Å². The van der Waals surface area contributed by atoms with Gasteiger partial charge < -0.3 is 14.8 Å². The lowest BCUT2D eigenvalue weighted by atomic mass is 10.0. The monoisotopic (exact) mass is 452 g/mol. The molecule has 1 saturated heterocycles. The summed E-state index contributed by atoms with van der Waals surface area (Å²) in [5.41, 5.74) is 2.11. The van der Waals surface area contributed by atoms with Crippen molar-refractivity contribution < 1.29 is 14.3 Å². The van der Waals surface area contributed by atoms with E-state index in [1.807, 2.05) is 36.4 Å². The number of rotatable bonds is 6. The Hall–Kier alpha value is -3.03. The molecule has 5 rings (SSSR count). The minimum absolute atomic E-state index is 0.0599. The minimum atomic E-state index is -0.0599. The summed E-state index contributed by atoms with van der Waals surface area (Å²) >= 11 is 6.28. The van der Waals surface area contributed by atoms with Gasteiger partial charge in [0.05, 0.1) is 19.3 Å². The van der Waals surface area contributed by atoms with Crippen LogP contribution in [-0.2, 0) is 11.3 Å². The van der Waals surface area contributed by atoms with Gasteiger partial charge in [-0.05, 0) is 48.7 Å². The fraction of sp³-hybridized carbons (Fsp3) is 0.333. The van der Waals surface area contributed by atoms with Gasteiger partial charge in [-0.15, -0.1) is 0 Å². The van der Waals surface area contributed by atoms with E-state index in [0.29, 0.717) is 37.1 Å². The van der Waals surface area contributed by atoms with Crippen LogP contribution >= 0.6 is 11.6 Å². The molecule has 32 heavy (non-hydrogen) atoms. The summed E-state index contributed by atoms with van der Waals surface area (Å²) in [4.78, 5) is 15.1. The van der Waals surface area contributed by atoms with E-state index in [4.69, 9.17) is 21.1 Å². The molecular formula is C24H25ClN4O3. The Bertz CT molecular complexity index is 1120.